The monoisotopic (exact) mass is 407 g/mol. The number of Topliss-reactive ketones (excluding diaryl/α,β-unsaturated/α-hetero) is 1. The summed E-state index contributed by atoms with van der Waals surface area (Å²) in [5, 5.41) is 9.46. The number of carbonyl (C=O) groups is 2. The summed E-state index contributed by atoms with van der Waals surface area (Å²) >= 11 is 0. The van der Waals surface area contributed by atoms with Crippen molar-refractivity contribution in [2.24, 2.45) is 0 Å². The Morgan fingerprint density at radius 3 is 2.37 bits per heavy atom. The van der Waals surface area contributed by atoms with E-state index in [0.717, 1.165) is 41.2 Å². The van der Waals surface area contributed by atoms with Crippen molar-refractivity contribution in [2.75, 3.05) is 6.61 Å². The number of ether oxygens (including phenoxy) is 1. The summed E-state index contributed by atoms with van der Waals surface area (Å²) in [4.78, 5) is 25.1. The first-order valence-electron chi connectivity index (χ1n) is 10.3. The Kier molecular flexibility index (Phi) is 6.02. The summed E-state index contributed by atoms with van der Waals surface area (Å²) in [5.74, 6) is -1.05. The van der Waals surface area contributed by atoms with Gasteiger partial charge in [-0.15, -0.1) is 0 Å². The molecule has 2 heterocycles. The molecule has 1 aliphatic carbocycles. The molecule has 6 nitrogen and oxygen atoms in total. The fourth-order valence-electron chi connectivity index (χ4n) is 4.28. The molecule has 0 radical (unpaired) electrons. The van der Waals surface area contributed by atoms with Crippen LogP contribution >= 0.6 is 0 Å². The van der Waals surface area contributed by atoms with Crippen LogP contribution in [0.25, 0.3) is 6.08 Å². The number of hydrogen-bond acceptors (Lipinski definition) is 4. The van der Waals surface area contributed by atoms with Crippen molar-refractivity contribution in [1.29, 1.82) is 5.26 Å². The number of aromatic nitrogens is 2. The minimum absolute atomic E-state index is 0.105. The molecule has 2 aromatic rings. The summed E-state index contributed by atoms with van der Waals surface area (Å²) in [7, 11) is 0. The summed E-state index contributed by atoms with van der Waals surface area (Å²) in [6.07, 6.45) is 3.87. The van der Waals surface area contributed by atoms with Gasteiger partial charge in [0, 0.05) is 40.4 Å². The highest BCUT2D eigenvalue weighted by Gasteiger charge is 2.27. The Morgan fingerprint density at radius 1 is 1.17 bits per heavy atom. The van der Waals surface area contributed by atoms with Crippen LogP contribution in [0, 0.1) is 39.0 Å². The van der Waals surface area contributed by atoms with Gasteiger partial charge in [-0.25, -0.2) is 4.79 Å². The largest absolute Gasteiger partial charge is 0.453 e. The van der Waals surface area contributed by atoms with Gasteiger partial charge < -0.3 is 13.9 Å². The molecule has 0 N–H and O–H groups in total. The normalized spacial score (nSPS) is 14.1. The predicted molar refractivity (Wildman–Crippen MR) is 115 cm³/mol. The molecule has 0 spiro atoms. The first-order valence-corrected chi connectivity index (χ1v) is 10.3. The van der Waals surface area contributed by atoms with E-state index in [1.807, 2.05) is 45.9 Å². The third kappa shape index (κ3) is 4.11. The molecule has 3 rings (SSSR count). The number of hydrogen-bond donors (Lipinski definition) is 0. The lowest BCUT2D eigenvalue weighted by atomic mass is 10.1. The summed E-state index contributed by atoms with van der Waals surface area (Å²) in [6.45, 7) is 11.6. The van der Waals surface area contributed by atoms with Gasteiger partial charge in [-0.1, -0.05) is 0 Å². The fourth-order valence-corrected chi connectivity index (χ4v) is 4.28. The van der Waals surface area contributed by atoms with Crippen molar-refractivity contribution in [3.8, 4) is 6.07 Å². The predicted octanol–water partition coefficient (Wildman–Crippen LogP) is 4.77. The van der Waals surface area contributed by atoms with Crippen molar-refractivity contribution < 1.29 is 14.3 Å². The van der Waals surface area contributed by atoms with Crippen LogP contribution in [0.3, 0.4) is 0 Å². The molecule has 30 heavy (non-hydrogen) atoms. The summed E-state index contributed by atoms with van der Waals surface area (Å²) in [6, 6.07) is 6.46. The van der Waals surface area contributed by atoms with Gasteiger partial charge in [0.25, 0.3) is 0 Å². The zero-order valence-electron chi connectivity index (χ0n) is 18.6. The molecule has 0 saturated heterocycles. The van der Waals surface area contributed by atoms with Crippen LogP contribution in [0.15, 0.2) is 17.7 Å². The molecular formula is C24H29N3O3. The van der Waals surface area contributed by atoms with E-state index in [4.69, 9.17) is 4.74 Å². The van der Waals surface area contributed by atoms with E-state index in [0.29, 0.717) is 11.6 Å². The minimum atomic E-state index is -0.778. The quantitative estimate of drug-likeness (QED) is 0.287. The number of carbonyl (C=O) groups excluding carboxylic acids is 2. The van der Waals surface area contributed by atoms with Crippen LogP contribution in [0.1, 0.15) is 77.5 Å². The van der Waals surface area contributed by atoms with Crippen molar-refractivity contribution in [3.63, 3.8) is 0 Å². The first kappa shape index (κ1) is 21.6. The molecule has 0 aliphatic heterocycles. The average molecular weight is 408 g/mol. The topological polar surface area (TPSA) is 77.0 Å². The SMILES string of the molecule is Cc1cc(C(=O)COC(=O)/C(C#N)=C/c2cc(C)n(C3CC3)c2C)c(C)n1C(C)C. The van der Waals surface area contributed by atoms with Gasteiger partial charge in [-0.05, 0) is 78.2 Å². The Bertz CT molecular complexity index is 1070. The number of rotatable bonds is 7. The zero-order valence-corrected chi connectivity index (χ0v) is 18.6. The van der Waals surface area contributed by atoms with Gasteiger partial charge in [-0.3, -0.25) is 4.79 Å². The fraction of sp³-hybridized carbons (Fsp3) is 0.458. The van der Waals surface area contributed by atoms with Crippen LogP contribution in [-0.4, -0.2) is 27.5 Å². The van der Waals surface area contributed by atoms with E-state index in [1.54, 1.807) is 6.08 Å². The maximum absolute atomic E-state index is 12.6. The third-order valence-electron chi connectivity index (χ3n) is 5.71. The molecule has 0 atom stereocenters. The van der Waals surface area contributed by atoms with Gasteiger partial charge in [-0.2, -0.15) is 5.26 Å². The minimum Gasteiger partial charge on any atom is -0.453 e. The Labute approximate surface area is 177 Å². The molecule has 2 aromatic heterocycles. The number of nitriles is 1. The maximum atomic E-state index is 12.6. The highest BCUT2D eigenvalue weighted by atomic mass is 16.5. The van der Waals surface area contributed by atoms with Crippen molar-refractivity contribution in [1.82, 2.24) is 9.13 Å². The van der Waals surface area contributed by atoms with Crippen molar-refractivity contribution >= 4 is 17.8 Å². The van der Waals surface area contributed by atoms with Crippen molar-refractivity contribution in [3.05, 3.63) is 51.6 Å². The summed E-state index contributed by atoms with van der Waals surface area (Å²) in [5.41, 5.74) is 5.26. The average Bonchev–Trinajstić information content (AvgIpc) is 3.40. The molecule has 0 amide bonds. The molecule has 0 bridgehead atoms. The number of nitrogens with zero attached hydrogens (tertiary/aromatic N) is 3. The van der Waals surface area contributed by atoms with Crippen LogP contribution in [0.2, 0.25) is 0 Å². The van der Waals surface area contributed by atoms with Crippen molar-refractivity contribution in [2.45, 2.75) is 66.5 Å². The lowest BCUT2D eigenvalue weighted by Crippen LogP contribution is -2.16. The van der Waals surface area contributed by atoms with Gasteiger partial charge >= 0.3 is 5.97 Å². The smallest absolute Gasteiger partial charge is 0.349 e. The molecule has 1 fully saturated rings. The molecule has 0 unspecified atom stereocenters. The Morgan fingerprint density at radius 2 is 1.83 bits per heavy atom. The highest BCUT2D eigenvalue weighted by Crippen LogP contribution is 2.38. The van der Waals surface area contributed by atoms with Gasteiger partial charge in [0.2, 0.25) is 5.78 Å². The molecule has 6 heteroatoms. The van der Waals surface area contributed by atoms with E-state index >= 15 is 0 Å². The zero-order chi connectivity index (χ0) is 22.2. The van der Waals surface area contributed by atoms with Gasteiger partial charge in [0.05, 0.1) is 0 Å². The second-order valence-corrected chi connectivity index (χ2v) is 8.35. The van der Waals surface area contributed by atoms with E-state index in [2.05, 4.69) is 23.0 Å². The maximum Gasteiger partial charge on any atom is 0.349 e. The molecular weight excluding hydrogens is 378 g/mol. The molecule has 1 aliphatic rings. The highest BCUT2D eigenvalue weighted by molar-refractivity contribution is 6.02. The first-order chi connectivity index (χ1) is 14.1. The van der Waals surface area contributed by atoms with Crippen LogP contribution in [-0.2, 0) is 9.53 Å². The standard InChI is InChI=1S/C24H29N3O3/c1-14(2)26-16(4)10-22(18(26)6)23(28)13-30-24(29)20(12-25)11-19-9-15(3)27(17(19)5)21-7-8-21/h9-11,14,21H,7-8,13H2,1-6H3/b20-11+. The second-order valence-electron chi connectivity index (χ2n) is 8.35. The number of aryl methyl sites for hydroxylation is 2. The molecule has 0 aromatic carbocycles. The lowest BCUT2D eigenvalue weighted by Gasteiger charge is -2.13. The van der Waals surface area contributed by atoms with E-state index in [-0.39, 0.29) is 24.0 Å². The lowest BCUT2D eigenvalue weighted by molar-refractivity contribution is -0.137. The van der Waals surface area contributed by atoms with Gasteiger partial charge in [0.1, 0.15) is 11.6 Å². The molecule has 1 saturated carbocycles. The van der Waals surface area contributed by atoms with E-state index < -0.39 is 5.97 Å². The van der Waals surface area contributed by atoms with E-state index in [1.165, 1.54) is 0 Å². The number of esters is 1. The Hall–Kier alpha value is -3.07. The van der Waals surface area contributed by atoms with Crippen LogP contribution < -0.4 is 0 Å². The van der Waals surface area contributed by atoms with Crippen LogP contribution in [0.4, 0.5) is 0 Å². The van der Waals surface area contributed by atoms with Crippen LogP contribution in [0.5, 0.6) is 0 Å². The van der Waals surface area contributed by atoms with Gasteiger partial charge in [0.15, 0.2) is 6.61 Å². The number of ketones is 1. The summed E-state index contributed by atoms with van der Waals surface area (Å²) < 4.78 is 9.51. The Balaban J connectivity index is 1.73. The second kappa shape index (κ2) is 8.35. The molecule has 158 valence electrons. The van der Waals surface area contributed by atoms with E-state index in [9.17, 15) is 14.9 Å². The third-order valence-corrected chi connectivity index (χ3v) is 5.71.